The zero-order valence-corrected chi connectivity index (χ0v) is 17.3. The van der Waals surface area contributed by atoms with E-state index in [2.05, 4.69) is 31.6 Å². The molecule has 0 atom stereocenters. The highest BCUT2D eigenvalue weighted by atomic mass is 79.9. The van der Waals surface area contributed by atoms with Gasteiger partial charge in [0.1, 0.15) is 12.4 Å². The number of nitrogens with zero attached hydrogens (tertiary/aromatic N) is 2. The molecule has 0 aliphatic rings. The van der Waals surface area contributed by atoms with E-state index in [-0.39, 0.29) is 18.3 Å². The number of hydrogen-bond donors (Lipinski definition) is 2. The van der Waals surface area contributed by atoms with Gasteiger partial charge in [-0.15, -0.1) is 0 Å². The van der Waals surface area contributed by atoms with Crippen LogP contribution in [0.5, 0.6) is 0 Å². The first-order valence-electron chi connectivity index (χ1n) is 8.09. The van der Waals surface area contributed by atoms with E-state index in [1.807, 2.05) is 12.3 Å². The third kappa shape index (κ3) is 9.11. The molecule has 1 amide bonds. The summed E-state index contributed by atoms with van der Waals surface area (Å²) >= 11 is 4.99. The lowest BCUT2D eigenvalue weighted by Crippen LogP contribution is -2.40. The number of nitrogens with one attached hydrogen (secondary N) is 2. The number of hydrogen-bond acceptors (Lipinski definition) is 3. The van der Waals surface area contributed by atoms with Crippen LogP contribution in [0, 0.1) is 5.82 Å². The Kier molecular flexibility index (Phi) is 10.6. The normalized spacial score (nSPS) is 11.3. The first-order valence-corrected chi connectivity index (χ1v) is 10.3. The maximum absolute atomic E-state index is 13.8. The molecule has 25 heavy (non-hydrogen) atoms. The third-order valence-corrected chi connectivity index (χ3v) is 4.51. The summed E-state index contributed by atoms with van der Waals surface area (Å²) in [6.07, 6.45) is 3.44. The molecule has 0 heterocycles. The number of benzene rings is 1. The molecule has 1 aromatic carbocycles. The number of carbonyl (C=O) groups excluding carboxylic acids is 1. The summed E-state index contributed by atoms with van der Waals surface area (Å²) in [6.45, 7) is 1.52. The van der Waals surface area contributed by atoms with Gasteiger partial charge >= 0.3 is 0 Å². The van der Waals surface area contributed by atoms with Gasteiger partial charge < -0.3 is 15.5 Å². The Labute approximate surface area is 162 Å². The lowest BCUT2D eigenvalue weighted by atomic mass is 10.1. The van der Waals surface area contributed by atoms with Crippen molar-refractivity contribution >= 4 is 39.6 Å². The fourth-order valence-corrected chi connectivity index (χ4v) is 2.58. The van der Waals surface area contributed by atoms with Crippen molar-refractivity contribution in [2.75, 3.05) is 45.7 Å². The smallest absolute Gasteiger partial charge is 0.243 e. The molecule has 1 aromatic rings. The van der Waals surface area contributed by atoms with Gasteiger partial charge in [-0.3, -0.25) is 4.79 Å². The Bertz CT molecular complexity index is 584. The minimum Gasteiger partial charge on any atom is -0.356 e. The van der Waals surface area contributed by atoms with Crippen LogP contribution >= 0.6 is 27.7 Å². The summed E-state index contributed by atoms with van der Waals surface area (Å²) in [5.74, 6) is 1.31. The van der Waals surface area contributed by atoms with E-state index in [1.165, 1.54) is 11.0 Å². The molecule has 5 nitrogen and oxygen atoms in total. The SMILES string of the molecule is CSCCNC(=NCC(=O)N(C)C)NCCCc1ccc(Br)cc1F. The number of aryl methyl sites for hydroxylation is 1. The zero-order valence-electron chi connectivity index (χ0n) is 14.9. The molecule has 1 rings (SSSR count). The van der Waals surface area contributed by atoms with Gasteiger partial charge in [-0.1, -0.05) is 22.0 Å². The molecule has 0 aliphatic carbocycles. The first kappa shape index (κ1) is 21.8. The minimum atomic E-state index is -0.196. The summed E-state index contributed by atoms with van der Waals surface area (Å²) < 4.78 is 14.5. The molecule has 8 heteroatoms. The van der Waals surface area contributed by atoms with Gasteiger partial charge in [0.2, 0.25) is 5.91 Å². The van der Waals surface area contributed by atoms with Crippen molar-refractivity contribution in [3.63, 3.8) is 0 Å². The molecule has 0 aliphatic heterocycles. The molecule has 0 bridgehead atoms. The molecule has 0 radical (unpaired) electrons. The molecule has 0 aromatic heterocycles. The molecular weight excluding hydrogens is 407 g/mol. The number of carbonyl (C=O) groups is 1. The second-order valence-corrected chi connectivity index (χ2v) is 7.54. The monoisotopic (exact) mass is 432 g/mol. The number of amides is 1. The maximum Gasteiger partial charge on any atom is 0.243 e. The van der Waals surface area contributed by atoms with Crippen molar-refractivity contribution in [2.24, 2.45) is 4.99 Å². The molecule has 0 spiro atoms. The van der Waals surface area contributed by atoms with Crippen molar-refractivity contribution in [3.8, 4) is 0 Å². The molecular formula is C17H26BrFN4OS. The summed E-state index contributed by atoms with van der Waals surface area (Å²) in [5, 5.41) is 6.40. The van der Waals surface area contributed by atoms with Gasteiger partial charge in [0.05, 0.1) is 0 Å². The summed E-state index contributed by atoms with van der Waals surface area (Å²) in [6, 6.07) is 5.11. The van der Waals surface area contributed by atoms with Crippen LogP contribution < -0.4 is 10.6 Å². The summed E-state index contributed by atoms with van der Waals surface area (Å²) in [5.41, 5.74) is 0.696. The summed E-state index contributed by atoms with van der Waals surface area (Å²) in [4.78, 5) is 17.5. The van der Waals surface area contributed by atoms with Crippen LogP contribution in [0.1, 0.15) is 12.0 Å². The number of rotatable bonds is 9. The summed E-state index contributed by atoms with van der Waals surface area (Å²) in [7, 11) is 3.41. The van der Waals surface area contributed by atoms with Crippen molar-refractivity contribution in [1.82, 2.24) is 15.5 Å². The van der Waals surface area contributed by atoms with Gasteiger partial charge in [-0.2, -0.15) is 11.8 Å². The highest BCUT2D eigenvalue weighted by Crippen LogP contribution is 2.16. The first-order chi connectivity index (χ1) is 11.9. The second-order valence-electron chi connectivity index (χ2n) is 5.64. The van der Waals surface area contributed by atoms with Gasteiger partial charge in [0.25, 0.3) is 0 Å². The molecule has 0 unspecified atom stereocenters. The number of halogens is 2. The van der Waals surface area contributed by atoms with Gasteiger partial charge in [-0.25, -0.2) is 9.38 Å². The fourth-order valence-electron chi connectivity index (χ4n) is 1.94. The van der Waals surface area contributed by atoms with Crippen LogP contribution in [0.3, 0.4) is 0 Å². The predicted octanol–water partition coefficient (Wildman–Crippen LogP) is 2.51. The topological polar surface area (TPSA) is 56.7 Å². The third-order valence-electron chi connectivity index (χ3n) is 3.40. The average molecular weight is 433 g/mol. The van der Waals surface area contributed by atoms with E-state index >= 15 is 0 Å². The van der Waals surface area contributed by atoms with Crippen LogP contribution in [0.25, 0.3) is 0 Å². The van der Waals surface area contributed by atoms with E-state index < -0.39 is 0 Å². The van der Waals surface area contributed by atoms with Crippen LogP contribution in [0.4, 0.5) is 4.39 Å². The molecule has 0 saturated carbocycles. The Morgan fingerprint density at radius 3 is 2.68 bits per heavy atom. The number of thioether (sulfide) groups is 1. The molecule has 0 fully saturated rings. The van der Waals surface area contributed by atoms with Crippen molar-refractivity contribution in [1.29, 1.82) is 0 Å². The Balaban J connectivity index is 2.47. The van der Waals surface area contributed by atoms with Crippen molar-refractivity contribution in [3.05, 3.63) is 34.1 Å². The highest BCUT2D eigenvalue weighted by molar-refractivity contribution is 9.10. The molecule has 140 valence electrons. The molecule has 0 saturated heterocycles. The highest BCUT2D eigenvalue weighted by Gasteiger charge is 2.05. The lowest BCUT2D eigenvalue weighted by Gasteiger charge is -2.13. The van der Waals surface area contributed by atoms with Gasteiger partial charge in [0.15, 0.2) is 5.96 Å². The second kappa shape index (κ2) is 12.1. The average Bonchev–Trinajstić information content (AvgIpc) is 2.57. The van der Waals surface area contributed by atoms with E-state index in [0.29, 0.717) is 24.5 Å². The quantitative estimate of drug-likeness (QED) is 0.357. The fraction of sp³-hybridized carbons (Fsp3) is 0.529. The van der Waals surface area contributed by atoms with E-state index in [4.69, 9.17) is 0 Å². The maximum atomic E-state index is 13.8. The lowest BCUT2D eigenvalue weighted by molar-refractivity contribution is -0.127. The van der Waals surface area contributed by atoms with Crippen LogP contribution in [0.15, 0.2) is 27.7 Å². The largest absolute Gasteiger partial charge is 0.356 e. The van der Waals surface area contributed by atoms with Crippen LogP contribution in [0.2, 0.25) is 0 Å². The standard InChI is InChI=1S/C17H26BrFN4OS/c1-23(2)16(24)12-22-17(21-9-10-25-3)20-8-4-5-13-6-7-14(18)11-15(13)19/h6-7,11H,4-5,8-10,12H2,1-3H3,(H2,20,21,22). The van der Waals surface area contributed by atoms with E-state index in [0.717, 1.165) is 23.2 Å². The zero-order chi connectivity index (χ0) is 18.7. The number of guanidine groups is 1. The van der Waals surface area contributed by atoms with Crippen LogP contribution in [-0.4, -0.2) is 62.5 Å². The van der Waals surface area contributed by atoms with E-state index in [9.17, 15) is 9.18 Å². The Morgan fingerprint density at radius 2 is 2.04 bits per heavy atom. The number of aliphatic imine (C=N–C) groups is 1. The Morgan fingerprint density at radius 1 is 1.32 bits per heavy atom. The minimum absolute atomic E-state index is 0.0529. The van der Waals surface area contributed by atoms with Crippen LogP contribution in [-0.2, 0) is 11.2 Å². The van der Waals surface area contributed by atoms with Crippen molar-refractivity contribution < 1.29 is 9.18 Å². The van der Waals surface area contributed by atoms with Crippen molar-refractivity contribution in [2.45, 2.75) is 12.8 Å². The van der Waals surface area contributed by atoms with E-state index in [1.54, 1.807) is 31.9 Å². The predicted molar refractivity (Wildman–Crippen MR) is 108 cm³/mol. The Hall–Kier alpha value is -1.28. The molecule has 2 N–H and O–H groups in total. The van der Waals surface area contributed by atoms with Gasteiger partial charge in [-0.05, 0) is 36.8 Å². The number of likely N-dealkylation sites (N-methyl/N-ethyl adjacent to an activating group) is 1. The van der Waals surface area contributed by atoms with Gasteiger partial charge in [0, 0.05) is 37.4 Å².